The average molecular weight is 425 g/mol. The summed E-state index contributed by atoms with van der Waals surface area (Å²) in [6, 6.07) is 12.8. The molecule has 154 valence electrons. The summed E-state index contributed by atoms with van der Waals surface area (Å²) in [7, 11) is 0. The molecule has 4 aromatic rings. The molecule has 0 aliphatic rings. The highest BCUT2D eigenvalue weighted by atomic mass is 35.5. The second-order valence-electron chi connectivity index (χ2n) is 6.87. The molecule has 0 aliphatic heterocycles. The number of aryl methyl sites for hydroxylation is 2. The molecular weight excluding hydrogens is 404 g/mol. The van der Waals surface area contributed by atoms with Crippen LogP contribution in [0.15, 0.2) is 59.9 Å². The third kappa shape index (κ3) is 3.86. The van der Waals surface area contributed by atoms with Gasteiger partial charge in [-0.15, -0.1) is 0 Å². The molecule has 2 heterocycles. The maximum atomic E-state index is 12.9. The van der Waals surface area contributed by atoms with E-state index in [0.29, 0.717) is 22.9 Å². The summed E-state index contributed by atoms with van der Waals surface area (Å²) in [5.41, 5.74) is 2.79. The Balaban J connectivity index is 1.55. The molecule has 4 rings (SSSR count). The third-order valence-corrected chi connectivity index (χ3v) is 5.07. The number of nitrogens with one attached hydrogen (secondary N) is 1. The number of anilines is 1. The summed E-state index contributed by atoms with van der Waals surface area (Å²) >= 11 is 6.11. The first-order valence-electron chi connectivity index (χ1n) is 9.71. The van der Waals surface area contributed by atoms with Crippen molar-refractivity contribution < 1.29 is 4.79 Å². The molecule has 0 aliphatic carbocycles. The number of rotatable bonds is 7. The molecule has 0 fully saturated rings. The number of hydrogen-bond acceptors (Lipinski definition) is 4. The lowest BCUT2D eigenvalue weighted by atomic mass is 10.2. The first-order valence-corrected chi connectivity index (χ1v) is 10.1. The normalized spacial score (nSPS) is 11.1. The lowest BCUT2D eigenvalue weighted by molar-refractivity contribution is -0.116. The molecule has 0 unspecified atom stereocenters. The maximum absolute atomic E-state index is 12.9. The van der Waals surface area contributed by atoms with Crippen molar-refractivity contribution in [3.8, 4) is 5.69 Å². The largest absolute Gasteiger partial charge is 0.329 e. The fourth-order valence-electron chi connectivity index (χ4n) is 3.50. The molecule has 0 radical (unpaired) electrons. The van der Waals surface area contributed by atoms with Crippen molar-refractivity contribution >= 4 is 34.2 Å². The molecule has 30 heavy (non-hydrogen) atoms. The van der Waals surface area contributed by atoms with E-state index in [0.717, 1.165) is 17.5 Å². The number of nitrogens with zero attached hydrogens (tertiary/aromatic N) is 5. The monoisotopic (exact) mass is 424 g/mol. The Labute approximate surface area is 177 Å². The van der Waals surface area contributed by atoms with Gasteiger partial charge in [0.1, 0.15) is 12.7 Å². The summed E-state index contributed by atoms with van der Waals surface area (Å²) in [5.74, 6) is -0.224. The lowest BCUT2D eigenvalue weighted by Gasteiger charge is -2.11. The Bertz CT molecular complexity index is 1240. The molecule has 0 atom stereocenters. The van der Waals surface area contributed by atoms with Gasteiger partial charge in [0.05, 0.1) is 22.4 Å². The molecule has 0 spiro atoms. The van der Waals surface area contributed by atoms with E-state index in [1.165, 1.54) is 6.33 Å². The summed E-state index contributed by atoms with van der Waals surface area (Å²) in [6.45, 7) is 2.95. The summed E-state index contributed by atoms with van der Waals surface area (Å²) in [4.78, 5) is 29.5. The molecule has 8 nitrogen and oxygen atoms in total. The fourth-order valence-corrected chi connectivity index (χ4v) is 3.67. The highest BCUT2D eigenvalue weighted by Crippen LogP contribution is 2.24. The van der Waals surface area contributed by atoms with E-state index in [4.69, 9.17) is 11.6 Å². The molecule has 2 aromatic carbocycles. The summed E-state index contributed by atoms with van der Waals surface area (Å²) in [6.07, 6.45) is 3.96. The molecule has 0 saturated carbocycles. The fraction of sp³-hybridized carbons (Fsp3) is 0.238. The van der Waals surface area contributed by atoms with E-state index >= 15 is 0 Å². The minimum absolute atomic E-state index is 0.100. The molecule has 1 amide bonds. The number of aromatic nitrogens is 5. The number of carbonyl (C=O) groups is 1. The maximum Gasteiger partial charge on any atom is 0.329 e. The van der Waals surface area contributed by atoms with Crippen LogP contribution in [0.4, 0.5) is 5.69 Å². The van der Waals surface area contributed by atoms with Gasteiger partial charge in [0.2, 0.25) is 5.91 Å². The summed E-state index contributed by atoms with van der Waals surface area (Å²) < 4.78 is 4.96. The number of imidazole rings is 1. The van der Waals surface area contributed by atoms with E-state index in [-0.39, 0.29) is 24.6 Å². The van der Waals surface area contributed by atoms with Gasteiger partial charge < -0.3 is 5.32 Å². The molecular formula is C21H21ClN6O2. The van der Waals surface area contributed by atoms with Gasteiger partial charge in [-0.05, 0) is 36.8 Å². The minimum atomic E-state index is -0.224. The minimum Gasteiger partial charge on any atom is -0.324 e. The predicted molar refractivity (Wildman–Crippen MR) is 116 cm³/mol. The van der Waals surface area contributed by atoms with Crippen LogP contribution in [0.25, 0.3) is 16.7 Å². The third-order valence-electron chi connectivity index (χ3n) is 4.83. The Morgan fingerprint density at radius 1 is 1.10 bits per heavy atom. The lowest BCUT2D eigenvalue weighted by Crippen LogP contribution is -2.26. The van der Waals surface area contributed by atoms with E-state index in [1.807, 2.05) is 31.2 Å². The van der Waals surface area contributed by atoms with Crippen LogP contribution in [0.2, 0.25) is 5.02 Å². The molecule has 2 aromatic heterocycles. The van der Waals surface area contributed by atoms with Gasteiger partial charge in [0.15, 0.2) is 0 Å². The standard InChI is InChI=1S/C21H21ClN6O2/c1-2-10-26-18-5-3-4-6-19(18)27(21(26)30)11-9-20(29)25-16-12-15(22)7-8-17(16)28-14-23-13-24-28/h3-8,12-14H,2,9-11H2,1H3,(H,25,29). The Kier molecular flexibility index (Phi) is 5.67. The molecule has 0 bridgehead atoms. The van der Waals surface area contributed by atoms with Crippen molar-refractivity contribution in [1.82, 2.24) is 23.9 Å². The van der Waals surface area contributed by atoms with E-state index in [9.17, 15) is 9.59 Å². The van der Waals surface area contributed by atoms with Gasteiger partial charge in [-0.2, -0.15) is 5.10 Å². The number of carbonyl (C=O) groups excluding carboxylic acids is 1. The topological polar surface area (TPSA) is 86.7 Å². The van der Waals surface area contributed by atoms with Crippen molar-refractivity contribution in [3.63, 3.8) is 0 Å². The SMILES string of the molecule is CCCn1c(=O)n(CCC(=O)Nc2cc(Cl)ccc2-n2cncn2)c2ccccc21. The zero-order chi connectivity index (χ0) is 21.1. The van der Waals surface area contributed by atoms with Crippen molar-refractivity contribution in [1.29, 1.82) is 0 Å². The zero-order valence-corrected chi connectivity index (χ0v) is 17.2. The van der Waals surface area contributed by atoms with Crippen molar-refractivity contribution in [2.75, 3.05) is 5.32 Å². The van der Waals surface area contributed by atoms with Crippen LogP contribution >= 0.6 is 11.6 Å². The van der Waals surface area contributed by atoms with Gasteiger partial charge in [-0.3, -0.25) is 13.9 Å². The van der Waals surface area contributed by atoms with E-state index < -0.39 is 0 Å². The number of halogens is 1. The van der Waals surface area contributed by atoms with Crippen LogP contribution in [0.3, 0.4) is 0 Å². The van der Waals surface area contributed by atoms with Crippen molar-refractivity contribution in [2.45, 2.75) is 32.9 Å². The Hall–Kier alpha value is -3.39. The van der Waals surface area contributed by atoms with Crippen LogP contribution in [0, 0.1) is 0 Å². The second kappa shape index (κ2) is 8.54. The van der Waals surface area contributed by atoms with Crippen LogP contribution < -0.4 is 11.0 Å². The first-order chi connectivity index (χ1) is 14.6. The zero-order valence-electron chi connectivity index (χ0n) is 16.5. The number of amides is 1. The van der Waals surface area contributed by atoms with Gasteiger partial charge in [-0.25, -0.2) is 14.5 Å². The van der Waals surface area contributed by atoms with Gasteiger partial charge >= 0.3 is 5.69 Å². The van der Waals surface area contributed by atoms with Crippen molar-refractivity contribution in [3.05, 3.63) is 70.6 Å². The number of para-hydroxylation sites is 2. The molecule has 9 heteroatoms. The highest BCUT2D eigenvalue weighted by molar-refractivity contribution is 6.31. The first kappa shape index (κ1) is 19.9. The smallest absolute Gasteiger partial charge is 0.324 e. The van der Waals surface area contributed by atoms with Gasteiger partial charge in [0, 0.05) is 24.5 Å². The predicted octanol–water partition coefficient (Wildman–Crippen LogP) is 3.48. The Morgan fingerprint density at radius 3 is 2.50 bits per heavy atom. The Morgan fingerprint density at radius 2 is 1.83 bits per heavy atom. The van der Waals surface area contributed by atoms with Gasteiger partial charge in [-0.1, -0.05) is 30.7 Å². The van der Waals surface area contributed by atoms with Gasteiger partial charge in [0.25, 0.3) is 0 Å². The average Bonchev–Trinajstić information content (AvgIpc) is 3.35. The number of benzene rings is 2. The number of hydrogen-bond donors (Lipinski definition) is 1. The van der Waals surface area contributed by atoms with Crippen LogP contribution in [-0.2, 0) is 17.9 Å². The molecule has 0 saturated heterocycles. The second-order valence-corrected chi connectivity index (χ2v) is 7.31. The molecule has 1 N–H and O–H groups in total. The van der Waals surface area contributed by atoms with E-state index in [2.05, 4.69) is 15.4 Å². The van der Waals surface area contributed by atoms with Crippen LogP contribution in [0.5, 0.6) is 0 Å². The van der Waals surface area contributed by atoms with E-state index in [1.54, 1.807) is 38.3 Å². The van der Waals surface area contributed by atoms with Crippen LogP contribution in [-0.4, -0.2) is 29.8 Å². The summed E-state index contributed by atoms with van der Waals surface area (Å²) in [5, 5.41) is 7.48. The quantitative estimate of drug-likeness (QED) is 0.492. The van der Waals surface area contributed by atoms with Crippen molar-refractivity contribution in [2.24, 2.45) is 0 Å². The highest BCUT2D eigenvalue weighted by Gasteiger charge is 2.15. The van der Waals surface area contributed by atoms with Crippen LogP contribution in [0.1, 0.15) is 19.8 Å². The number of fused-ring (bicyclic) bond motifs is 1.